The van der Waals surface area contributed by atoms with E-state index >= 15 is 0 Å². The summed E-state index contributed by atoms with van der Waals surface area (Å²) in [6, 6.07) is 6.08. The highest BCUT2D eigenvalue weighted by Crippen LogP contribution is 2.45. The van der Waals surface area contributed by atoms with Crippen molar-refractivity contribution in [3.8, 4) is 5.88 Å². The van der Waals surface area contributed by atoms with Crippen LogP contribution < -0.4 is 10.5 Å². The van der Waals surface area contributed by atoms with E-state index in [-0.39, 0.29) is 11.5 Å². The smallest absolute Gasteiger partial charge is 0.213 e. The zero-order valence-corrected chi connectivity index (χ0v) is 10.8. The Labute approximate surface area is 103 Å². The molecule has 94 valence electrons. The zero-order valence-electron chi connectivity index (χ0n) is 10.8. The van der Waals surface area contributed by atoms with E-state index in [1.807, 2.05) is 26.0 Å². The van der Waals surface area contributed by atoms with Crippen molar-refractivity contribution in [3.63, 3.8) is 0 Å². The lowest BCUT2D eigenvalue weighted by Gasteiger charge is -2.41. The molecule has 0 aliphatic heterocycles. The molecule has 0 bridgehead atoms. The first-order valence-corrected chi connectivity index (χ1v) is 6.50. The van der Waals surface area contributed by atoms with Crippen LogP contribution in [-0.2, 0) is 5.41 Å². The number of nitrogens with two attached hydrogens (primary N) is 1. The van der Waals surface area contributed by atoms with E-state index in [0.29, 0.717) is 0 Å². The summed E-state index contributed by atoms with van der Waals surface area (Å²) in [4.78, 5) is 4.65. The Bertz CT molecular complexity index is 372. The molecule has 1 saturated carbocycles. The lowest BCUT2D eigenvalue weighted by Crippen LogP contribution is -2.37. The van der Waals surface area contributed by atoms with Crippen molar-refractivity contribution in [2.45, 2.75) is 51.0 Å². The maximum absolute atomic E-state index is 5.72. The molecule has 0 unspecified atom stereocenters. The number of pyridine rings is 1. The third kappa shape index (κ3) is 2.60. The maximum Gasteiger partial charge on any atom is 0.213 e. The molecule has 1 aliphatic rings. The van der Waals surface area contributed by atoms with E-state index in [4.69, 9.17) is 10.5 Å². The average Bonchev–Trinajstić information content (AvgIpc) is 2.23. The van der Waals surface area contributed by atoms with Gasteiger partial charge >= 0.3 is 0 Å². The predicted molar refractivity (Wildman–Crippen MR) is 69.2 cm³/mol. The minimum atomic E-state index is 0.171. The first-order valence-electron chi connectivity index (χ1n) is 6.50. The van der Waals surface area contributed by atoms with Crippen molar-refractivity contribution in [2.24, 2.45) is 5.73 Å². The van der Waals surface area contributed by atoms with Gasteiger partial charge in [-0.1, -0.05) is 12.5 Å². The topological polar surface area (TPSA) is 48.1 Å². The summed E-state index contributed by atoms with van der Waals surface area (Å²) in [5.41, 5.74) is 7.11. The molecule has 1 heterocycles. The fraction of sp³-hybridized carbons (Fsp3) is 0.643. The Kier molecular flexibility index (Phi) is 3.67. The van der Waals surface area contributed by atoms with Gasteiger partial charge in [-0.05, 0) is 45.7 Å². The largest absolute Gasteiger partial charge is 0.475 e. The molecule has 0 amide bonds. The Morgan fingerprint density at radius 2 is 2.18 bits per heavy atom. The zero-order chi connectivity index (χ0) is 12.3. The van der Waals surface area contributed by atoms with Gasteiger partial charge in [0.2, 0.25) is 5.88 Å². The lowest BCUT2D eigenvalue weighted by molar-refractivity contribution is 0.208. The van der Waals surface area contributed by atoms with Crippen LogP contribution in [0, 0.1) is 0 Å². The third-order valence-corrected chi connectivity index (χ3v) is 3.56. The molecule has 3 nitrogen and oxygen atoms in total. The Morgan fingerprint density at radius 3 is 2.71 bits per heavy atom. The van der Waals surface area contributed by atoms with Crippen molar-refractivity contribution >= 4 is 0 Å². The van der Waals surface area contributed by atoms with Crippen molar-refractivity contribution in [3.05, 3.63) is 23.9 Å². The fourth-order valence-electron chi connectivity index (χ4n) is 2.53. The van der Waals surface area contributed by atoms with Gasteiger partial charge in [-0.2, -0.15) is 0 Å². The minimum Gasteiger partial charge on any atom is -0.475 e. The van der Waals surface area contributed by atoms with Crippen molar-refractivity contribution < 1.29 is 4.74 Å². The summed E-state index contributed by atoms with van der Waals surface area (Å²) in [7, 11) is 0. The number of rotatable bonds is 5. The second-order valence-electron chi connectivity index (χ2n) is 5.20. The quantitative estimate of drug-likeness (QED) is 0.852. The highest BCUT2D eigenvalue weighted by Gasteiger charge is 2.39. The van der Waals surface area contributed by atoms with E-state index in [1.165, 1.54) is 19.3 Å². The molecule has 2 N–H and O–H groups in total. The molecule has 3 heteroatoms. The molecule has 0 atom stereocenters. The molecule has 1 aliphatic carbocycles. The van der Waals surface area contributed by atoms with E-state index < -0.39 is 0 Å². The average molecular weight is 234 g/mol. The van der Waals surface area contributed by atoms with E-state index in [2.05, 4.69) is 11.1 Å². The van der Waals surface area contributed by atoms with Gasteiger partial charge in [-0.25, -0.2) is 4.98 Å². The number of aromatic nitrogens is 1. The number of hydrogen-bond donors (Lipinski definition) is 1. The summed E-state index contributed by atoms with van der Waals surface area (Å²) in [6.07, 6.45) is 4.91. The standard InChI is InChI=1S/C14H22N2O/c1-11(2)17-13-6-3-5-12(16-13)14(9-10-15)7-4-8-14/h3,5-6,11H,4,7-10,15H2,1-2H3. The first kappa shape index (κ1) is 12.4. The summed E-state index contributed by atoms with van der Waals surface area (Å²) in [5, 5.41) is 0. The van der Waals surface area contributed by atoms with Crippen LogP contribution >= 0.6 is 0 Å². The number of ether oxygens (including phenoxy) is 1. The van der Waals surface area contributed by atoms with Gasteiger partial charge < -0.3 is 10.5 Å². The molecule has 17 heavy (non-hydrogen) atoms. The molecular weight excluding hydrogens is 212 g/mol. The summed E-state index contributed by atoms with van der Waals surface area (Å²) in [5.74, 6) is 0.737. The summed E-state index contributed by atoms with van der Waals surface area (Å²) >= 11 is 0. The maximum atomic E-state index is 5.72. The van der Waals surface area contributed by atoms with Gasteiger partial charge in [-0.15, -0.1) is 0 Å². The van der Waals surface area contributed by atoms with E-state index in [0.717, 1.165) is 24.5 Å². The fourth-order valence-corrected chi connectivity index (χ4v) is 2.53. The van der Waals surface area contributed by atoms with Gasteiger partial charge in [0.15, 0.2) is 0 Å². The van der Waals surface area contributed by atoms with Crippen LogP contribution in [0.5, 0.6) is 5.88 Å². The van der Waals surface area contributed by atoms with Crippen LogP contribution in [0.15, 0.2) is 18.2 Å². The first-order chi connectivity index (χ1) is 8.16. The van der Waals surface area contributed by atoms with Gasteiger partial charge in [-0.3, -0.25) is 0 Å². The van der Waals surface area contributed by atoms with Crippen LogP contribution in [0.3, 0.4) is 0 Å². The normalized spacial score (nSPS) is 17.9. The van der Waals surface area contributed by atoms with Crippen LogP contribution in [0.25, 0.3) is 0 Å². The highest BCUT2D eigenvalue weighted by atomic mass is 16.5. The SMILES string of the molecule is CC(C)Oc1cccc(C2(CCN)CCC2)n1. The lowest BCUT2D eigenvalue weighted by atomic mass is 9.64. The van der Waals surface area contributed by atoms with E-state index in [9.17, 15) is 0 Å². The Morgan fingerprint density at radius 1 is 1.41 bits per heavy atom. The van der Waals surface area contributed by atoms with Gasteiger partial charge in [0.1, 0.15) is 0 Å². The van der Waals surface area contributed by atoms with Gasteiger partial charge in [0.25, 0.3) is 0 Å². The second kappa shape index (κ2) is 5.05. The molecular formula is C14H22N2O. The third-order valence-electron chi connectivity index (χ3n) is 3.56. The van der Waals surface area contributed by atoms with Crippen molar-refractivity contribution in [1.29, 1.82) is 0 Å². The monoisotopic (exact) mass is 234 g/mol. The van der Waals surface area contributed by atoms with Crippen LogP contribution in [0.4, 0.5) is 0 Å². The molecule has 0 saturated heterocycles. The van der Waals surface area contributed by atoms with Gasteiger partial charge in [0, 0.05) is 11.5 Å². The molecule has 0 radical (unpaired) electrons. The summed E-state index contributed by atoms with van der Waals surface area (Å²) < 4.78 is 5.65. The van der Waals surface area contributed by atoms with E-state index in [1.54, 1.807) is 0 Å². The second-order valence-corrected chi connectivity index (χ2v) is 5.20. The highest BCUT2D eigenvalue weighted by molar-refractivity contribution is 5.25. The molecule has 1 fully saturated rings. The molecule has 1 aromatic rings. The van der Waals surface area contributed by atoms with Crippen molar-refractivity contribution in [1.82, 2.24) is 4.98 Å². The van der Waals surface area contributed by atoms with Crippen LogP contribution in [0.1, 0.15) is 45.2 Å². The Hall–Kier alpha value is -1.09. The van der Waals surface area contributed by atoms with Gasteiger partial charge in [0.05, 0.1) is 11.8 Å². The van der Waals surface area contributed by atoms with Crippen LogP contribution in [-0.4, -0.2) is 17.6 Å². The predicted octanol–water partition coefficient (Wildman–Crippen LogP) is 2.64. The van der Waals surface area contributed by atoms with Crippen molar-refractivity contribution in [2.75, 3.05) is 6.54 Å². The Balaban J connectivity index is 2.19. The number of nitrogens with zero attached hydrogens (tertiary/aromatic N) is 1. The van der Waals surface area contributed by atoms with Crippen LogP contribution in [0.2, 0.25) is 0 Å². The molecule has 0 spiro atoms. The summed E-state index contributed by atoms with van der Waals surface area (Å²) in [6.45, 7) is 4.78. The molecule has 2 rings (SSSR count). The minimum absolute atomic E-state index is 0.171. The number of hydrogen-bond acceptors (Lipinski definition) is 3. The molecule has 0 aromatic carbocycles. The molecule has 1 aromatic heterocycles.